The largest absolute Gasteiger partial charge is 0.481 e. The second-order valence-corrected chi connectivity index (χ2v) is 5.77. The van der Waals surface area contributed by atoms with Crippen molar-refractivity contribution >= 4 is 23.4 Å². The van der Waals surface area contributed by atoms with Crippen molar-refractivity contribution in [3.63, 3.8) is 0 Å². The van der Waals surface area contributed by atoms with Crippen LogP contribution in [0.2, 0.25) is 0 Å². The van der Waals surface area contributed by atoms with E-state index >= 15 is 0 Å². The molecule has 0 saturated carbocycles. The lowest BCUT2D eigenvalue weighted by Gasteiger charge is -2.34. The van der Waals surface area contributed by atoms with Gasteiger partial charge in [0.1, 0.15) is 0 Å². The van der Waals surface area contributed by atoms with Crippen molar-refractivity contribution in [1.82, 2.24) is 0 Å². The summed E-state index contributed by atoms with van der Waals surface area (Å²) < 4.78 is 36.5. The molecule has 0 amide bonds. The van der Waals surface area contributed by atoms with Crippen LogP contribution in [0.4, 0.5) is 18.9 Å². The maximum absolute atomic E-state index is 12.2. The molecular formula is C13H14F3NO2S. The van der Waals surface area contributed by atoms with Crippen LogP contribution in [0.15, 0.2) is 24.3 Å². The third kappa shape index (κ3) is 3.82. The van der Waals surface area contributed by atoms with Crippen LogP contribution in [0.3, 0.4) is 0 Å². The molecule has 0 saturated heterocycles. The minimum Gasteiger partial charge on any atom is -0.481 e. The Balaban J connectivity index is 2.08. The second-order valence-electron chi connectivity index (χ2n) is 4.61. The highest BCUT2D eigenvalue weighted by molar-refractivity contribution is 8.00. The summed E-state index contributed by atoms with van der Waals surface area (Å²) in [7, 11) is 0. The summed E-state index contributed by atoms with van der Waals surface area (Å²) in [5, 5.41) is 9.12. The van der Waals surface area contributed by atoms with Crippen LogP contribution in [0.1, 0.15) is 5.56 Å². The number of benzene rings is 1. The van der Waals surface area contributed by atoms with Crippen LogP contribution in [-0.2, 0) is 11.2 Å². The average molecular weight is 305 g/mol. The lowest BCUT2D eigenvalue weighted by molar-refractivity contribution is -0.141. The van der Waals surface area contributed by atoms with Crippen LogP contribution in [-0.4, -0.2) is 35.4 Å². The van der Waals surface area contributed by atoms with Gasteiger partial charge >= 0.3 is 11.5 Å². The van der Waals surface area contributed by atoms with Gasteiger partial charge < -0.3 is 10.0 Å². The Morgan fingerprint density at radius 3 is 2.75 bits per heavy atom. The van der Waals surface area contributed by atoms with Crippen molar-refractivity contribution in [2.75, 3.05) is 23.7 Å². The highest BCUT2D eigenvalue weighted by Gasteiger charge is 2.31. The molecule has 110 valence electrons. The zero-order valence-corrected chi connectivity index (χ0v) is 11.4. The predicted octanol–water partition coefficient (Wildman–Crippen LogP) is 3.00. The van der Waals surface area contributed by atoms with E-state index in [1.807, 2.05) is 24.3 Å². The van der Waals surface area contributed by atoms with Crippen LogP contribution in [0, 0.1) is 5.92 Å². The molecule has 1 atom stereocenters. The number of hydrogen-bond acceptors (Lipinski definition) is 3. The van der Waals surface area contributed by atoms with Gasteiger partial charge in [0.15, 0.2) is 0 Å². The molecule has 0 fully saturated rings. The topological polar surface area (TPSA) is 40.5 Å². The monoisotopic (exact) mass is 305 g/mol. The number of carbonyl (C=O) groups is 1. The van der Waals surface area contributed by atoms with E-state index in [0.717, 1.165) is 11.3 Å². The summed E-state index contributed by atoms with van der Waals surface area (Å²) in [6.07, 6.45) is 0.425. The fourth-order valence-electron chi connectivity index (χ4n) is 2.34. The molecule has 0 aromatic heterocycles. The molecule has 1 aliphatic rings. The van der Waals surface area contributed by atoms with Crippen LogP contribution < -0.4 is 4.90 Å². The molecule has 1 aromatic rings. The molecule has 0 bridgehead atoms. The van der Waals surface area contributed by atoms with Gasteiger partial charge in [-0.05, 0) is 29.8 Å². The Kier molecular flexibility index (Phi) is 4.47. The summed E-state index contributed by atoms with van der Waals surface area (Å²) in [5.74, 6) is -1.58. The summed E-state index contributed by atoms with van der Waals surface area (Å²) in [5.41, 5.74) is -2.53. The summed E-state index contributed by atoms with van der Waals surface area (Å²) in [6.45, 7) is 0.440. The van der Waals surface area contributed by atoms with Crippen molar-refractivity contribution < 1.29 is 23.1 Å². The van der Waals surface area contributed by atoms with E-state index in [9.17, 15) is 18.0 Å². The van der Waals surface area contributed by atoms with E-state index in [1.165, 1.54) is 0 Å². The molecule has 1 unspecified atom stereocenters. The zero-order chi connectivity index (χ0) is 14.8. The van der Waals surface area contributed by atoms with E-state index in [2.05, 4.69) is 0 Å². The second kappa shape index (κ2) is 5.95. The molecule has 1 aromatic carbocycles. The van der Waals surface area contributed by atoms with E-state index < -0.39 is 17.4 Å². The summed E-state index contributed by atoms with van der Waals surface area (Å²) in [6, 6.07) is 7.27. The maximum atomic E-state index is 12.2. The fourth-order valence-corrected chi connectivity index (χ4v) is 2.88. The molecule has 0 aliphatic carbocycles. The first kappa shape index (κ1) is 15.0. The third-order valence-corrected chi connectivity index (χ3v) is 3.93. The van der Waals surface area contributed by atoms with Gasteiger partial charge in [-0.3, -0.25) is 4.79 Å². The number of anilines is 1. The molecule has 1 heterocycles. The van der Waals surface area contributed by atoms with E-state index in [-0.39, 0.29) is 30.6 Å². The van der Waals surface area contributed by atoms with E-state index in [4.69, 9.17) is 5.11 Å². The minimum absolute atomic E-state index is 0.0776. The fraction of sp³-hybridized carbons (Fsp3) is 0.462. The van der Waals surface area contributed by atoms with Gasteiger partial charge in [0.2, 0.25) is 0 Å². The van der Waals surface area contributed by atoms with Crippen LogP contribution >= 0.6 is 11.8 Å². The lowest BCUT2D eigenvalue weighted by atomic mass is 9.92. The van der Waals surface area contributed by atoms with E-state index in [1.54, 1.807) is 4.90 Å². The van der Waals surface area contributed by atoms with Crippen molar-refractivity contribution in [3.05, 3.63) is 29.8 Å². The number of para-hydroxylation sites is 1. The number of aliphatic carboxylic acids is 1. The molecule has 7 heteroatoms. The Bertz CT molecular complexity index is 493. The van der Waals surface area contributed by atoms with Crippen LogP contribution in [0.25, 0.3) is 0 Å². The van der Waals surface area contributed by atoms with Gasteiger partial charge in [-0.1, -0.05) is 18.2 Å². The highest BCUT2D eigenvalue weighted by atomic mass is 32.2. The lowest BCUT2D eigenvalue weighted by Crippen LogP contribution is -2.40. The number of rotatable bonds is 4. The highest BCUT2D eigenvalue weighted by Crippen LogP contribution is 2.33. The maximum Gasteiger partial charge on any atom is 0.441 e. The first-order chi connectivity index (χ1) is 9.37. The first-order valence-corrected chi connectivity index (χ1v) is 7.12. The van der Waals surface area contributed by atoms with E-state index in [0.29, 0.717) is 6.42 Å². The van der Waals surface area contributed by atoms with Gasteiger partial charge in [0.05, 0.1) is 5.92 Å². The van der Waals surface area contributed by atoms with Gasteiger partial charge in [-0.25, -0.2) is 0 Å². The molecule has 0 spiro atoms. The summed E-state index contributed by atoms with van der Waals surface area (Å²) >= 11 is -0.0776. The standard InChI is InChI=1S/C13H14F3NO2S/c14-13(15,16)20-6-5-17-8-10(12(18)19)7-9-3-1-2-4-11(9)17/h1-4,10H,5-8H2,(H,18,19). The first-order valence-electron chi connectivity index (χ1n) is 6.13. The van der Waals surface area contributed by atoms with Crippen molar-refractivity contribution in [2.24, 2.45) is 5.92 Å². The normalized spacial score (nSPS) is 18.8. The quantitative estimate of drug-likeness (QED) is 0.928. The number of thioether (sulfide) groups is 1. The Morgan fingerprint density at radius 1 is 1.40 bits per heavy atom. The molecule has 2 rings (SSSR count). The smallest absolute Gasteiger partial charge is 0.441 e. The molecule has 20 heavy (non-hydrogen) atoms. The Labute approximate surface area is 118 Å². The molecular weight excluding hydrogens is 291 g/mol. The number of halogens is 3. The van der Waals surface area contributed by atoms with Gasteiger partial charge in [0, 0.05) is 24.5 Å². The Hall–Kier alpha value is -1.37. The number of fused-ring (bicyclic) bond motifs is 1. The zero-order valence-electron chi connectivity index (χ0n) is 10.6. The number of nitrogens with zero attached hydrogens (tertiary/aromatic N) is 1. The number of hydrogen-bond donors (Lipinski definition) is 1. The SMILES string of the molecule is O=C(O)C1Cc2ccccc2N(CCSC(F)(F)F)C1. The third-order valence-electron chi connectivity index (χ3n) is 3.22. The summed E-state index contributed by atoms with van der Waals surface area (Å²) in [4.78, 5) is 12.9. The average Bonchev–Trinajstić information content (AvgIpc) is 2.36. The van der Waals surface area contributed by atoms with Gasteiger partial charge in [-0.2, -0.15) is 13.2 Å². The number of alkyl halides is 3. The van der Waals surface area contributed by atoms with Gasteiger partial charge in [-0.15, -0.1) is 0 Å². The molecule has 0 radical (unpaired) electrons. The Morgan fingerprint density at radius 2 is 2.10 bits per heavy atom. The number of carboxylic acid groups (broad SMARTS) is 1. The molecule has 3 nitrogen and oxygen atoms in total. The molecule has 1 N–H and O–H groups in total. The van der Waals surface area contributed by atoms with Crippen LogP contribution in [0.5, 0.6) is 0 Å². The molecule has 1 aliphatic heterocycles. The number of carboxylic acids is 1. The minimum atomic E-state index is -4.25. The van der Waals surface area contributed by atoms with Crippen molar-refractivity contribution in [3.8, 4) is 0 Å². The predicted molar refractivity (Wildman–Crippen MR) is 72.0 cm³/mol. The van der Waals surface area contributed by atoms with Crippen molar-refractivity contribution in [1.29, 1.82) is 0 Å². The van der Waals surface area contributed by atoms with Gasteiger partial charge in [0.25, 0.3) is 0 Å². The van der Waals surface area contributed by atoms with Crippen molar-refractivity contribution in [2.45, 2.75) is 11.9 Å².